The van der Waals surface area contributed by atoms with Crippen molar-refractivity contribution in [1.29, 1.82) is 0 Å². The van der Waals surface area contributed by atoms with Crippen LogP contribution in [0.25, 0.3) is 11.0 Å². The highest BCUT2D eigenvalue weighted by molar-refractivity contribution is 5.74. The number of nitrogens with zero attached hydrogens (tertiary/aromatic N) is 3. The van der Waals surface area contributed by atoms with Gasteiger partial charge < -0.3 is 4.74 Å². The molecule has 1 aliphatic heterocycles. The fourth-order valence-electron chi connectivity index (χ4n) is 2.90. The van der Waals surface area contributed by atoms with Crippen LogP contribution in [0.5, 0.6) is 0 Å². The summed E-state index contributed by atoms with van der Waals surface area (Å²) in [4.78, 5) is 11.8. The number of aromatic nitrogens is 2. The maximum absolute atomic E-state index is 5.78. The Hall–Kier alpha value is -1.52. The lowest BCUT2D eigenvalue weighted by Crippen LogP contribution is -2.45. The molecule has 0 N–H and O–H groups in total. The molecule has 1 saturated heterocycles. The largest absolute Gasteiger partial charge is 0.373 e. The van der Waals surface area contributed by atoms with Gasteiger partial charge in [0.25, 0.3) is 0 Å². The molecule has 0 amide bonds. The Morgan fingerprint density at radius 2 is 1.70 bits per heavy atom. The van der Waals surface area contributed by atoms with Crippen LogP contribution in [0.15, 0.2) is 24.3 Å². The number of hydrogen-bond acceptors (Lipinski definition) is 4. The molecule has 0 saturated carbocycles. The molecule has 3 rings (SSSR count). The molecule has 2 aromatic rings. The minimum absolute atomic E-state index is 0.285. The number of aryl methyl sites for hydroxylation is 1. The van der Waals surface area contributed by atoms with Crippen molar-refractivity contribution >= 4 is 11.0 Å². The van der Waals surface area contributed by atoms with Crippen LogP contribution in [0.2, 0.25) is 0 Å². The predicted molar refractivity (Wildman–Crippen MR) is 79.6 cm³/mol. The topological polar surface area (TPSA) is 38.2 Å². The SMILES string of the molecule is Cc1nc2ccccc2nc1CN1CC(C)OC(C)C1. The number of para-hydroxylation sites is 2. The summed E-state index contributed by atoms with van der Waals surface area (Å²) >= 11 is 0. The van der Waals surface area contributed by atoms with Crippen LogP contribution >= 0.6 is 0 Å². The van der Waals surface area contributed by atoms with E-state index in [1.54, 1.807) is 0 Å². The van der Waals surface area contributed by atoms with Crippen molar-refractivity contribution in [3.63, 3.8) is 0 Å². The lowest BCUT2D eigenvalue weighted by molar-refractivity contribution is -0.0708. The second kappa shape index (κ2) is 5.46. The van der Waals surface area contributed by atoms with Crippen molar-refractivity contribution in [2.45, 2.75) is 39.5 Å². The highest BCUT2D eigenvalue weighted by Crippen LogP contribution is 2.17. The predicted octanol–water partition coefficient (Wildman–Crippen LogP) is 2.55. The Bertz CT molecular complexity index is 604. The van der Waals surface area contributed by atoms with Crippen LogP contribution in [0, 0.1) is 6.92 Å². The quantitative estimate of drug-likeness (QED) is 0.841. The molecule has 4 heteroatoms. The van der Waals surface area contributed by atoms with E-state index in [0.29, 0.717) is 0 Å². The van der Waals surface area contributed by atoms with Gasteiger partial charge in [0.15, 0.2) is 0 Å². The Kier molecular flexibility index (Phi) is 3.68. The van der Waals surface area contributed by atoms with E-state index in [1.807, 2.05) is 31.2 Å². The summed E-state index contributed by atoms with van der Waals surface area (Å²) in [5.74, 6) is 0. The Balaban J connectivity index is 1.85. The van der Waals surface area contributed by atoms with Gasteiger partial charge >= 0.3 is 0 Å². The number of rotatable bonds is 2. The third kappa shape index (κ3) is 2.81. The smallest absolute Gasteiger partial charge is 0.0890 e. The molecule has 20 heavy (non-hydrogen) atoms. The molecule has 1 aliphatic rings. The molecule has 4 nitrogen and oxygen atoms in total. The second-order valence-corrected chi connectivity index (χ2v) is 5.70. The van der Waals surface area contributed by atoms with Crippen molar-refractivity contribution in [3.8, 4) is 0 Å². The summed E-state index contributed by atoms with van der Waals surface area (Å²) in [6, 6.07) is 8.05. The van der Waals surface area contributed by atoms with Crippen LogP contribution in [0.4, 0.5) is 0 Å². The average molecular weight is 271 g/mol. The summed E-state index contributed by atoms with van der Waals surface area (Å²) in [5, 5.41) is 0. The van der Waals surface area contributed by atoms with Gasteiger partial charge in [0.2, 0.25) is 0 Å². The Morgan fingerprint density at radius 3 is 2.35 bits per heavy atom. The minimum atomic E-state index is 0.285. The van der Waals surface area contributed by atoms with Crippen molar-refractivity contribution in [3.05, 3.63) is 35.7 Å². The van der Waals surface area contributed by atoms with Gasteiger partial charge in [-0.15, -0.1) is 0 Å². The number of hydrogen-bond donors (Lipinski definition) is 0. The molecule has 2 atom stereocenters. The van der Waals surface area contributed by atoms with Crippen LogP contribution in [0.1, 0.15) is 25.2 Å². The van der Waals surface area contributed by atoms with Crippen LogP contribution in [0.3, 0.4) is 0 Å². The number of benzene rings is 1. The minimum Gasteiger partial charge on any atom is -0.373 e. The molecule has 1 aromatic heterocycles. The lowest BCUT2D eigenvalue weighted by Gasteiger charge is -2.35. The maximum Gasteiger partial charge on any atom is 0.0890 e. The molecular weight excluding hydrogens is 250 g/mol. The molecule has 106 valence electrons. The first-order chi connectivity index (χ1) is 9.61. The zero-order valence-corrected chi connectivity index (χ0v) is 12.3. The number of ether oxygens (including phenoxy) is 1. The van der Waals surface area contributed by atoms with Crippen molar-refractivity contribution in [2.75, 3.05) is 13.1 Å². The molecule has 1 fully saturated rings. The third-order valence-electron chi connectivity index (χ3n) is 3.71. The van der Waals surface area contributed by atoms with Crippen LogP contribution in [-0.2, 0) is 11.3 Å². The van der Waals surface area contributed by atoms with Gasteiger partial charge in [0.05, 0.1) is 34.6 Å². The van der Waals surface area contributed by atoms with Crippen molar-refractivity contribution in [1.82, 2.24) is 14.9 Å². The number of fused-ring (bicyclic) bond motifs is 1. The summed E-state index contributed by atoms with van der Waals surface area (Å²) in [6.07, 6.45) is 0.569. The first-order valence-corrected chi connectivity index (χ1v) is 7.22. The van der Waals surface area contributed by atoms with E-state index in [-0.39, 0.29) is 12.2 Å². The van der Waals surface area contributed by atoms with Crippen molar-refractivity contribution in [2.24, 2.45) is 0 Å². The van der Waals surface area contributed by atoms with E-state index in [9.17, 15) is 0 Å². The monoisotopic (exact) mass is 271 g/mol. The van der Waals surface area contributed by atoms with E-state index in [1.165, 1.54) is 0 Å². The summed E-state index contributed by atoms with van der Waals surface area (Å²) < 4.78 is 5.78. The molecule has 2 heterocycles. The van der Waals surface area contributed by atoms with Gasteiger partial charge in [0.1, 0.15) is 0 Å². The van der Waals surface area contributed by atoms with Gasteiger partial charge in [-0.3, -0.25) is 4.90 Å². The lowest BCUT2D eigenvalue weighted by atomic mass is 10.2. The van der Waals surface area contributed by atoms with Gasteiger partial charge in [-0.1, -0.05) is 12.1 Å². The fraction of sp³-hybridized carbons (Fsp3) is 0.500. The highest BCUT2D eigenvalue weighted by atomic mass is 16.5. The van der Waals surface area contributed by atoms with E-state index < -0.39 is 0 Å². The van der Waals surface area contributed by atoms with Gasteiger partial charge in [0, 0.05) is 19.6 Å². The highest BCUT2D eigenvalue weighted by Gasteiger charge is 2.23. The standard InChI is InChI=1S/C16H21N3O/c1-11-8-19(9-12(2)20-11)10-16-13(3)17-14-6-4-5-7-15(14)18-16/h4-7,11-12H,8-10H2,1-3H3. The summed E-state index contributed by atoms with van der Waals surface area (Å²) in [7, 11) is 0. The van der Waals surface area contributed by atoms with Crippen LogP contribution in [-0.4, -0.2) is 40.2 Å². The zero-order chi connectivity index (χ0) is 14.1. The summed E-state index contributed by atoms with van der Waals surface area (Å²) in [6.45, 7) is 9.06. The molecule has 0 aliphatic carbocycles. The molecule has 2 unspecified atom stereocenters. The second-order valence-electron chi connectivity index (χ2n) is 5.70. The van der Waals surface area contributed by atoms with E-state index in [4.69, 9.17) is 9.72 Å². The summed E-state index contributed by atoms with van der Waals surface area (Å²) in [5.41, 5.74) is 4.04. The molecule has 0 bridgehead atoms. The van der Waals surface area contributed by atoms with E-state index >= 15 is 0 Å². The average Bonchev–Trinajstić information content (AvgIpc) is 2.38. The zero-order valence-electron chi connectivity index (χ0n) is 12.3. The first kappa shape index (κ1) is 13.5. The fourth-order valence-corrected chi connectivity index (χ4v) is 2.90. The third-order valence-corrected chi connectivity index (χ3v) is 3.71. The maximum atomic E-state index is 5.78. The van der Waals surface area contributed by atoms with Crippen LogP contribution < -0.4 is 0 Å². The van der Waals surface area contributed by atoms with E-state index in [2.05, 4.69) is 23.7 Å². The Morgan fingerprint density at radius 1 is 1.10 bits per heavy atom. The first-order valence-electron chi connectivity index (χ1n) is 7.22. The molecular formula is C16H21N3O. The van der Waals surface area contributed by atoms with E-state index in [0.717, 1.165) is 42.1 Å². The molecule has 0 radical (unpaired) electrons. The van der Waals surface area contributed by atoms with Gasteiger partial charge in [-0.2, -0.15) is 0 Å². The molecule has 0 spiro atoms. The molecule has 1 aromatic carbocycles. The van der Waals surface area contributed by atoms with Gasteiger partial charge in [-0.25, -0.2) is 9.97 Å². The van der Waals surface area contributed by atoms with Crippen molar-refractivity contribution < 1.29 is 4.74 Å². The number of morpholine rings is 1. The normalized spacial score (nSPS) is 24.1. The Labute approximate surface area is 119 Å². The van der Waals surface area contributed by atoms with Gasteiger partial charge in [-0.05, 0) is 32.9 Å².